The number of carbonyl (C=O) groups is 2. The topological polar surface area (TPSA) is 130 Å². The van der Waals surface area contributed by atoms with Crippen LogP contribution in [0.4, 0.5) is 0 Å². The Morgan fingerprint density at radius 1 is 0.849 bits per heavy atom. The van der Waals surface area contributed by atoms with Gasteiger partial charge in [0, 0.05) is 19.4 Å². The lowest BCUT2D eigenvalue weighted by atomic mass is 9.43. The number of nitrogens with one attached hydrogen (secondary N) is 1. The molecule has 4 saturated carbocycles. The van der Waals surface area contributed by atoms with E-state index in [2.05, 4.69) is 45.2 Å². The van der Waals surface area contributed by atoms with Gasteiger partial charge in [0.1, 0.15) is 6.10 Å². The van der Waals surface area contributed by atoms with Gasteiger partial charge in [-0.15, -0.1) is 0 Å². The van der Waals surface area contributed by atoms with Gasteiger partial charge >= 0.3 is 5.97 Å². The van der Waals surface area contributed by atoms with Crippen LogP contribution in [-0.4, -0.2) is 54.5 Å². The first kappa shape index (κ1) is 44.3. The summed E-state index contributed by atoms with van der Waals surface area (Å²) >= 11 is 0. The van der Waals surface area contributed by atoms with E-state index in [0.29, 0.717) is 48.9 Å². The van der Waals surface area contributed by atoms with Crippen LogP contribution in [0.3, 0.4) is 0 Å². The molecule has 4 rings (SSSR count). The predicted octanol–water partition coefficient (Wildman–Crippen LogP) is 9.99. The molecule has 8 nitrogen and oxygen atoms in total. The first-order valence-corrected chi connectivity index (χ1v) is 23.6. The van der Waals surface area contributed by atoms with Crippen LogP contribution >= 0.6 is 0 Å². The summed E-state index contributed by atoms with van der Waals surface area (Å²) in [5, 5.41) is 14.6. The van der Waals surface area contributed by atoms with Crippen molar-refractivity contribution in [2.24, 2.45) is 46.3 Å². The predicted molar refractivity (Wildman–Crippen MR) is 214 cm³/mol. The smallest absolute Gasteiger partial charge is 0.306 e. The Morgan fingerprint density at radius 2 is 1.51 bits per heavy atom. The molecule has 0 heterocycles. The van der Waals surface area contributed by atoms with Crippen LogP contribution < -0.4 is 5.32 Å². The molecular weight excluding hydrogens is 687 g/mol. The van der Waals surface area contributed by atoms with Gasteiger partial charge < -0.3 is 15.2 Å². The molecule has 306 valence electrons. The maximum atomic E-state index is 12.9. The van der Waals surface area contributed by atoms with Crippen molar-refractivity contribution in [1.29, 1.82) is 0 Å². The Balaban J connectivity index is 1.14. The van der Waals surface area contributed by atoms with Crippen molar-refractivity contribution in [1.82, 2.24) is 5.32 Å². The number of amides is 1. The SMILES string of the molecule is CCCCCCCC/C=C\CCCCCCCC(=O)OC1CCC2(C)C(CCC3C2CC(O)C2(C)C(C(C)CCC(=O)NCCS(=O)(=O)O)CCC32)C1. The van der Waals surface area contributed by atoms with E-state index in [1.54, 1.807) is 0 Å². The molecule has 0 spiro atoms. The maximum absolute atomic E-state index is 12.9. The highest BCUT2D eigenvalue weighted by molar-refractivity contribution is 7.85. The summed E-state index contributed by atoms with van der Waals surface area (Å²) in [6, 6.07) is 0. The fourth-order valence-electron chi connectivity index (χ4n) is 11.8. The van der Waals surface area contributed by atoms with Crippen molar-refractivity contribution >= 4 is 22.0 Å². The summed E-state index contributed by atoms with van der Waals surface area (Å²) in [6.07, 6.45) is 30.5. The van der Waals surface area contributed by atoms with Gasteiger partial charge in [0.25, 0.3) is 10.1 Å². The second-order valence-corrected chi connectivity index (χ2v) is 19.9. The summed E-state index contributed by atoms with van der Waals surface area (Å²) in [4.78, 5) is 25.3. The van der Waals surface area contributed by atoms with Crippen LogP contribution in [-0.2, 0) is 24.4 Å². The van der Waals surface area contributed by atoms with E-state index in [1.165, 1.54) is 83.5 Å². The Kier molecular flexibility index (Phi) is 17.7. The van der Waals surface area contributed by atoms with Crippen molar-refractivity contribution in [2.45, 2.75) is 194 Å². The molecule has 4 aliphatic carbocycles. The van der Waals surface area contributed by atoms with E-state index in [1.807, 2.05) is 0 Å². The number of hydrogen-bond acceptors (Lipinski definition) is 6. The van der Waals surface area contributed by atoms with Crippen LogP contribution in [0, 0.1) is 46.3 Å². The Labute approximate surface area is 323 Å². The molecule has 0 aliphatic heterocycles. The number of esters is 1. The monoisotopic (exact) mass is 764 g/mol. The third kappa shape index (κ3) is 12.5. The van der Waals surface area contributed by atoms with Crippen molar-refractivity contribution < 1.29 is 32.4 Å². The summed E-state index contributed by atoms with van der Waals surface area (Å²) < 4.78 is 37.0. The molecule has 0 aromatic carbocycles. The molecule has 0 aromatic rings. The van der Waals surface area contributed by atoms with Gasteiger partial charge in [0.05, 0.1) is 11.9 Å². The zero-order valence-corrected chi connectivity index (χ0v) is 34.8. The maximum Gasteiger partial charge on any atom is 0.306 e. The molecule has 9 heteroatoms. The van der Waals surface area contributed by atoms with Crippen molar-refractivity contribution in [3.05, 3.63) is 12.2 Å². The lowest BCUT2D eigenvalue weighted by molar-refractivity contribution is -0.181. The molecule has 0 radical (unpaired) electrons. The molecular formula is C44H77NO7S. The van der Waals surface area contributed by atoms with E-state index in [0.717, 1.165) is 51.4 Å². The highest BCUT2D eigenvalue weighted by atomic mass is 32.2. The van der Waals surface area contributed by atoms with Crippen molar-refractivity contribution in [3.8, 4) is 0 Å². The minimum atomic E-state index is -4.10. The average Bonchev–Trinajstić information content (AvgIpc) is 3.47. The average molecular weight is 764 g/mol. The fourth-order valence-corrected chi connectivity index (χ4v) is 12.2. The Hall–Kier alpha value is -1.45. The van der Waals surface area contributed by atoms with Crippen molar-refractivity contribution in [2.75, 3.05) is 12.3 Å². The van der Waals surface area contributed by atoms with Crippen LogP contribution in [0.25, 0.3) is 0 Å². The number of ether oxygens (including phenoxy) is 1. The van der Waals surface area contributed by atoms with E-state index in [9.17, 15) is 23.1 Å². The fraction of sp³-hybridized carbons (Fsp3) is 0.909. The summed E-state index contributed by atoms with van der Waals surface area (Å²) in [5.74, 6) is 2.03. The van der Waals surface area contributed by atoms with Crippen LogP contribution in [0.5, 0.6) is 0 Å². The van der Waals surface area contributed by atoms with Crippen LogP contribution in [0.15, 0.2) is 12.2 Å². The van der Waals surface area contributed by atoms with Gasteiger partial charge in [-0.1, -0.05) is 91.2 Å². The zero-order valence-electron chi connectivity index (χ0n) is 34.0. The minimum absolute atomic E-state index is 0.0181. The molecule has 0 saturated heterocycles. The van der Waals surface area contributed by atoms with Gasteiger partial charge in [-0.3, -0.25) is 14.1 Å². The molecule has 1 amide bonds. The second-order valence-electron chi connectivity index (χ2n) is 18.3. The van der Waals surface area contributed by atoms with E-state index in [4.69, 9.17) is 9.29 Å². The number of aliphatic hydroxyl groups excluding tert-OH is 1. The molecule has 4 aliphatic rings. The van der Waals surface area contributed by atoms with E-state index >= 15 is 0 Å². The molecule has 3 N–H and O–H groups in total. The van der Waals surface area contributed by atoms with Crippen LogP contribution in [0.2, 0.25) is 0 Å². The lowest BCUT2D eigenvalue weighted by Crippen LogP contribution is -2.59. The van der Waals surface area contributed by atoms with Gasteiger partial charge in [-0.25, -0.2) is 0 Å². The highest BCUT2D eigenvalue weighted by Crippen LogP contribution is 2.68. The second kappa shape index (κ2) is 21.2. The molecule has 0 bridgehead atoms. The number of unbranched alkanes of at least 4 members (excludes halogenated alkanes) is 11. The van der Waals surface area contributed by atoms with Crippen molar-refractivity contribution in [3.63, 3.8) is 0 Å². The third-order valence-corrected chi connectivity index (χ3v) is 15.7. The van der Waals surface area contributed by atoms with Gasteiger partial charge in [0.2, 0.25) is 5.91 Å². The van der Waals surface area contributed by atoms with Gasteiger partial charge in [-0.2, -0.15) is 8.42 Å². The molecule has 10 atom stereocenters. The molecule has 10 unspecified atom stereocenters. The molecule has 0 aromatic heterocycles. The first-order chi connectivity index (χ1) is 25.3. The molecule has 53 heavy (non-hydrogen) atoms. The Morgan fingerprint density at radius 3 is 2.19 bits per heavy atom. The number of allylic oxidation sites excluding steroid dienone is 2. The quantitative estimate of drug-likeness (QED) is 0.0409. The zero-order chi connectivity index (χ0) is 38.5. The third-order valence-electron chi connectivity index (χ3n) is 14.9. The summed E-state index contributed by atoms with van der Waals surface area (Å²) in [7, 11) is -4.10. The normalized spacial score (nSPS) is 33.2. The minimum Gasteiger partial charge on any atom is -0.462 e. The van der Waals surface area contributed by atoms with E-state index in [-0.39, 0.29) is 47.4 Å². The summed E-state index contributed by atoms with van der Waals surface area (Å²) in [6.45, 7) is 9.19. The Bertz CT molecular complexity index is 1270. The van der Waals surface area contributed by atoms with Crippen LogP contribution in [0.1, 0.15) is 182 Å². The highest BCUT2D eigenvalue weighted by Gasteiger charge is 2.63. The standard InChI is InChI=1S/C44H77NO7S/c1-5-6-7-8-9-10-11-12-13-14-15-16-17-18-19-20-42(48)52-35-27-28-43(3)34(31-35)22-23-36-38-25-24-37(44(38,4)40(46)32-39(36)43)33(2)21-26-41(47)45-29-30-53(49,50)51/h12-13,33-40,46H,5-11,14-32H2,1-4H3,(H,45,47)(H,49,50,51)/b13-12-. The molecule has 4 fully saturated rings. The number of hydrogen-bond donors (Lipinski definition) is 3. The van der Waals surface area contributed by atoms with Gasteiger partial charge in [0.15, 0.2) is 0 Å². The summed E-state index contributed by atoms with van der Waals surface area (Å²) in [5.41, 5.74) is 0.00333. The van der Waals surface area contributed by atoms with E-state index < -0.39 is 15.9 Å². The lowest BCUT2D eigenvalue weighted by Gasteiger charge is -2.62. The van der Waals surface area contributed by atoms with Gasteiger partial charge in [-0.05, 0) is 136 Å². The number of rotatable bonds is 23. The largest absolute Gasteiger partial charge is 0.462 e. The number of aliphatic hydroxyl groups is 1. The number of carbonyl (C=O) groups excluding carboxylic acids is 2. The number of fused-ring (bicyclic) bond motifs is 5. The first-order valence-electron chi connectivity index (χ1n) is 22.0.